The summed E-state index contributed by atoms with van der Waals surface area (Å²) in [6.45, 7) is 10.5. The number of carbonyl (C=O) groups is 6. The molecule has 12 rings (SSSR count). The van der Waals surface area contributed by atoms with Crippen LogP contribution in [0.4, 0.5) is 10.7 Å². The number of fused-ring (bicyclic) bond motifs is 5. The van der Waals surface area contributed by atoms with E-state index in [9.17, 15) is 33.6 Å². The van der Waals surface area contributed by atoms with Gasteiger partial charge in [0.1, 0.15) is 24.9 Å². The molecule has 4 aliphatic rings. The second kappa shape index (κ2) is 48.8. The van der Waals surface area contributed by atoms with Gasteiger partial charge in [0.2, 0.25) is 35.5 Å². The Morgan fingerprint density at radius 3 is 1.85 bits per heavy atom. The molecule has 125 heavy (non-hydrogen) atoms. The first-order valence-corrected chi connectivity index (χ1v) is 43.7. The number of anilines is 1. The van der Waals surface area contributed by atoms with Crippen molar-refractivity contribution in [1.82, 2.24) is 56.3 Å². The lowest BCUT2D eigenvalue weighted by Gasteiger charge is -2.45. The van der Waals surface area contributed by atoms with E-state index in [4.69, 9.17) is 74.2 Å². The number of benzene rings is 5. The van der Waals surface area contributed by atoms with Gasteiger partial charge in [-0.1, -0.05) is 128 Å². The third-order valence-electron chi connectivity index (χ3n) is 23.0. The molecular weight excluding hydrogens is 1600 g/mol. The smallest absolute Gasteiger partial charge is 0.407 e. The Hall–Kier alpha value is -10.6. The Morgan fingerprint density at radius 1 is 0.632 bits per heavy atom. The summed E-state index contributed by atoms with van der Waals surface area (Å²) in [5.41, 5.74) is 13.0. The maximum absolute atomic E-state index is 14.3. The number of hydrogen-bond acceptors (Lipinski definition) is 23. The summed E-state index contributed by atoms with van der Waals surface area (Å²) in [5, 5.41) is 19.0. The van der Waals surface area contributed by atoms with E-state index in [0.717, 1.165) is 115 Å². The minimum atomic E-state index is -1.36. The molecule has 2 aliphatic carbocycles. The van der Waals surface area contributed by atoms with E-state index in [0.29, 0.717) is 139 Å². The third-order valence-corrected chi connectivity index (χ3v) is 23.0. The molecule has 5 heterocycles. The van der Waals surface area contributed by atoms with E-state index in [-0.39, 0.29) is 88.9 Å². The van der Waals surface area contributed by atoms with Gasteiger partial charge in [-0.15, -0.1) is 6.42 Å². The van der Waals surface area contributed by atoms with E-state index >= 15 is 0 Å². The van der Waals surface area contributed by atoms with Gasteiger partial charge in [-0.3, -0.25) is 28.8 Å². The SMILES string of the molecule is C#CCNC1(C)CCN(C2CCN(c3nc(C(COCNC(=O)CNC(=O)[C@H](Cc4ccccc4)NC(=O)CNC(=O)C(CCCCNC(=O)OCC4c5ccccc5-c5ccccc54)COCCOCCOCCOCCOCCOCCOCCOCCC(N)=O)(OC4CC4)c4ccccc4)c4cc(-c5cn(C)c(=O)c6[nH]ccc56)ccc4n3)CC2)CC1. The van der Waals surface area contributed by atoms with Crippen molar-refractivity contribution >= 4 is 63.4 Å². The molecule has 31 nitrogen and oxygen atoms in total. The van der Waals surface area contributed by atoms with Crippen LogP contribution in [0.1, 0.15) is 105 Å². The molecule has 0 bridgehead atoms. The normalized spacial score (nSPS) is 15.6. The van der Waals surface area contributed by atoms with Crippen LogP contribution in [0.2, 0.25) is 0 Å². The number of aromatic amines is 1. The number of ether oxygens (including phenoxy) is 11. The second-order valence-electron chi connectivity index (χ2n) is 32.1. The number of piperidine rings is 2. The molecule has 1 saturated carbocycles. The zero-order valence-electron chi connectivity index (χ0n) is 71.9. The van der Waals surface area contributed by atoms with Gasteiger partial charge in [0.05, 0.1) is 155 Å². The molecule has 3 atom stereocenters. The van der Waals surface area contributed by atoms with Crippen molar-refractivity contribution in [2.75, 3.05) is 183 Å². The van der Waals surface area contributed by atoms with Gasteiger partial charge in [-0.25, -0.2) is 14.8 Å². The highest BCUT2D eigenvalue weighted by Gasteiger charge is 2.45. The first-order chi connectivity index (χ1) is 61.0. The van der Waals surface area contributed by atoms with Gasteiger partial charge < -0.3 is 109 Å². The fraction of sp³-hybridized carbons (Fsp3) is 0.500. The van der Waals surface area contributed by atoms with E-state index in [2.05, 4.69) is 89.9 Å². The van der Waals surface area contributed by atoms with Crippen molar-refractivity contribution < 1.29 is 80.9 Å². The number of nitrogens with two attached hydrogens (primary N) is 1. The topological polar surface area (TPSA) is 372 Å². The van der Waals surface area contributed by atoms with Crippen molar-refractivity contribution in [3.63, 3.8) is 0 Å². The predicted molar refractivity (Wildman–Crippen MR) is 473 cm³/mol. The van der Waals surface area contributed by atoms with Crippen LogP contribution in [0.25, 0.3) is 44.1 Å². The number of nitrogens with zero attached hydrogens (tertiary/aromatic N) is 5. The lowest BCUT2D eigenvalue weighted by Crippen LogP contribution is -2.55. The van der Waals surface area contributed by atoms with Crippen LogP contribution in [0.5, 0.6) is 0 Å². The van der Waals surface area contributed by atoms with Gasteiger partial charge in [0.15, 0.2) is 5.60 Å². The quantitative estimate of drug-likeness (QED) is 0.0105. The number of primary amides is 1. The number of alkyl carbamates (subject to hydrolysis) is 1. The number of nitrogens with one attached hydrogen (secondary N) is 7. The zero-order chi connectivity index (χ0) is 87.4. The van der Waals surface area contributed by atoms with E-state index in [1.807, 2.05) is 109 Å². The molecule has 3 fully saturated rings. The van der Waals surface area contributed by atoms with Gasteiger partial charge in [-0.05, 0) is 115 Å². The van der Waals surface area contributed by atoms with Crippen LogP contribution >= 0.6 is 0 Å². The molecule has 0 spiro atoms. The van der Waals surface area contributed by atoms with Crippen LogP contribution in [0.3, 0.4) is 0 Å². The summed E-state index contributed by atoms with van der Waals surface area (Å²) in [6, 6.07) is 42.4. The highest BCUT2D eigenvalue weighted by Crippen LogP contribution is 2.46. The molecule has 31 heteroatoms. The molecule has 2 saturated heterocycles. The Balaban J connectivity index is 0.632. The number of carbonyl (C=O) groups excluding carboxylic acids is 6. The first-order valence-electron chi connectivity index (χ1n) is 43.7. The molecule has 670 valence electrons. The third kappa shape index (κ3) is 28.0. The van der Waals surface area contributed by atoms with Crippen LogP contribution < -0.4 is 48.1 Å². The second-order valence-corrected chi connectivity index (χ2v) is 32.1. The first kappa shape index (κ1) is 93.6. The molecule has 2 unspecified atom stereocenters. The molecular formula is C94H121N13O18. The molecule has 8 aromatic rings. The number of rotatable bonds is 55. The molecule has 5 aromatic carbocycles. The van der Waals surface area contributed by atoms with Crippen molar-refractivity contribution in [1.29, 1.82) is 0 Å². The Bertz CT molecular complexity index is 4830. The molecule has 2 aliphatic heterocycles. The Kier molecular flexibility index (Phi) is 36.5. The summed E-state index contributed by atoms with van der Waals surface area (Å²) in [6.07, 6.45) is 15.6. The number of likely N-dealkylation sites (tertiary alicyclic amines) is 1. The Labute approximate surface area is 730 Å². The van der Waals surface area contributed by atoms with E-state index in [1.54, 1.807) is 17.8 Å². The number of terminal acetylenes is 1. The number of H-pyrrole nitrogens is 1. The maximum Gasteiger partial charge on any atom is 0.407 e. The maximum atomic E-state index is 14.3. The summed E-state index contributed by atoms with van der Waals surface area (Å²) in [5.74, 6) is -0.245. The van der Waals surface area contributed by atoms with Crippen LogP contribution in [0, 0.1) is 18.3 Å². The van der Waals surface area contributed by atoms with Gasteiger partial charge in [-0.2, -0.15) is 0 Å². The highest BCUT2D eigenvalue weighted by molar-refractivity contribution is 5.98. The number of amides is 6. The predicted octanol–water partition coefficient (Wildman–Crippen LogP) is 7.33. The number of unbranched alkanes of at least 4 members (excludes halogenated alkanes) is 1. The molecule has 9 N–H and O–H groups in total. The number of pyridine rings is 1. The van der Waals surface area contributed by atoms with Gasteiger partial charge >= 0.3 is 6.09 Å². The van der Waals surface area contributed by atoms with Crippen molar-refractivity contribution in [2.45, 2.75) is 113 Å². The molecule has 6 amide bonds. The lowest BCUT2D eigenvalue weighted by molar-refractivity contribution is -0.132. The van der Waals surface area contributed by atoms with Crippen molar-refractivity contribution in [3.8, 4) is 34.6 Å². The standard InChI is InChI=1S/C94H121N13O18/c1-4-36-101-93(2)34-41-106(42-35-93)71-31-39-107(40-32-71)91-103-81-29-26-68(79-62-105(3)90(113)86-77(79)30-38-96-86)59-78(81)87(104-91)94(125-72-27-28-72,70-20-9-6-10-21-70)65-123-66-100-84(109)60-99-89(112)82(58-67-17-7-5-8-18-67)102-85(110)61-98-88(111)69(19-15-16-37-97-92(114)124-64-80-75-24-13-11-22-73(75)74-23-12-14-25-76(74)80)63-122-57-56-121-55-54-120-53-52-119-51-50-118-49-48-117-47-46-116-45-44-115-43-33-83(95)108/h1,5-14,17-18,20-26,29-30,38,59,62,69,71-72,80,82,96,101H,15-16,19,27-28,31-37,39-58,60-61,63-66H2,2-3H3,(H2,95,108)(H,97,114)(H,98,111)(H,99,112)(H,100,109)(H,102,110)/t69?,82-,94?/m0/s1. The highest BCUT2D eigenvalue weighted by atomic mass is 16.6. The number of aryl methyl sites for hydroxylation is 1. The Morgan fingerprint density at radius 2 is 1.22 bits per heavy atom. The van der Waals surface area contributed by atoms with Crippen LogP contribution in [-0.4, -0.2) is 262 Å². The fourth-order valence-corrected chi connectivity index (χ4v) is 16.0. The average Bonchev–Trinajstić information content (AvgIpc) is 1.69. The summed E-state index contributed by atoms with van der Waals surface area (Å²) >= 11 is 0. The molecule has 3 aromatic heterocycles. The zero-order valence-corrected chi connectivity index (χ0v) is 71.9. The summed E-state index contributed by atoms with van der Waals surface area (Å²) < 4.78 is 66.0. The summed E-state index contributed by atoms with van der Waals surface area (Å²) in [7, 11) is 1.74. The minimum Gasteiger partial charge on any atom is -0.449 e. The van der Waals surface area contributed by atoms with Crippen LogP contribution in [-0.2, 0) is 95.1 Å². The van der Waals surface area contributed by atoms with Crippen molar-refractivity contribution in [2.24, 2.45) is 18.7 Å². The number of aromatic nitrogens is 4. The van der Waals surface area contributed by atoms with Crippen molar-refractivity contribution in [3.05, 3.63) is 184 Å². The van der Waals surface area contributed by atoms with Gasteiger partial charge in [0.25, 0.3) is 5.56 Å². The molecule has 0 radical (unpaired) electrons. The van der Waals surface area contributed by atoms with E-state index in [1.165, 1.54) is 0 Å². The van der Waals surface area contributed by atoms with E-state index < -0.39 is 66.3 Å². The van der Waals surface area contributed by atoms with Gasteiger partial charge in [0, 0.05) is 98.8 Å². The van der Waals surface area contributed by atoms with Crippen LogP contribution in [0.15, 0.2) is 151 Å². The summed E-state index contributed by atoms with van der Waals surface area (Å²) in [4.78, 5) is 113. The fourth-order valence-electron chi connectivity index (χ4n) is 16.0. The largest absolute Gasteiger partial charge is 0.449 e. The number of hydrogen-bond donors (Lipinski definition) is 8. The monoisotopic (exact) mass is 1720 g/mol. The average molecular weight is 1720 g/mol. The lowest BCUT2D eigenvalue weighted by atomic mass is 9.87. The minimum absolute atomic E-state index is 0.00391.